The Morgan fingerprint density at radius 2 is 0.950 bits per heavy atom. The van der Waals surface area contributed by atoms with E-state index in [-0.39, 0.29) is 0 Å². The number of benzene rings is 3. The van der Waals surface area contributed by atoms with Crippen molar-refractivity contribution in [3.05, 3.63) is 82.9 Å². The molecule has 2 heterocycles. The van der Waals surface area contributed by atoms with Crippen LogP contribution in [0.2, 0.25) is 0 Å². The summed E-state index contributed by atoms with van der Waals surface area (Å²) >= 11 is 3.89. The molecule has 0 amide bonds. The quantitative estimate of drug-likeness (QED) is 0.0929. The lowest BCUT2D eigenvalue weighted by atomic mass is 10.0. The van der Waals surface area contributed by atoms with Gasteiger partial charge in [0.15, 0.2) is 0 Å². The van der Waals surface area contributed by atoms with Crippen molar-refractivity contribution in [3.63, 3.8) is 0 Å². The van der Waals surface area contributed by atoms with Crippen LogP contribution in [0.1, 0.15) is 113 Å². The highest BCUT2D eigenvalue weighted by molar-refractivity contribution is 7.36. The van der Waals surface area contributed by atoms with Crippen molar-refractivity contribution < 1.29 is 0 Å². The molecule has 0 radical (unpaired) electrons. The van der Waals surface area contributed by atoms with E-state index in [1.807, 2.05) is 22.7 Å². The minimum absolute atomic E-state index is 1.10. The van der Waals surface area contributed by atoms with Gasteiger partial charge in [0.05, 0.1) is 9.40 Å². The van der Waals surface area contributed by atoms with Crippen molar-refractivity contribution in [1.29, 1.82) is 0 Å². The molecular weight excluding hydrogens is 521 g/mol. The Labute approximate surface area is 249 Å². The molecule has 0 unspecified atom stereocenters. The van der Waals surface area contributed by atoms with E-state index in [2.05, 4.69) is 86.4 Å². The molecule has 3 aromatic carbocycles. The molecule has 0 aliphatic carbocycles. The second-order valence-electron chi connectivity index (χ2n) is 11.4. The molecule has 40 heavy (non-hydrogen) atoms. The van der Waals surface area contributed by atoms with Crippen LogP contribution in [0.5, 0.6) is 0 Å². The minimum atomic E-state index is 1.10. The molecule has 5 rings (SSSR count). The maximum Gasteiger partial charge on any atom is 0.0542 e. The average molecular weight is 565 g/mol. The fourth-order valence-corrected chi connectivity index (χ4v) is 8.41. The topological polar surface area (TPSA) is 0 Å². The fraction of sp³-hybridized carbons (Fsp3) is 0.421. The molecule has 0 spiro atoms. The summed E-state index contributed by atoms with van der Waals surface area (Å²) in [5.74, 6) is 6.80. The lowest BCUT2D eigenvalue weighted by molar-refractivity contribution is 0.575. The molecule has 208 valence electrons. The van der Waals surface area contributed by atoms with Gasteiger partial charge in [0, 0.05) is 31.3 Å². The summed E-state index contributed by atoms with van der Waals surface area (Å²) in [6.45, 7) is 4.56. The molecule has 0 aliphatic rings. The molecule has 0 atom stereocenters. The monoisotopic (exact) mass is 564 g/mol. The van der Waals surface area contributed by atoms with E-state index in [9.17, 15) is 0 Å². The highest BCUT2D eigenvalue weighted by atomic mass is 32.1. The summed E-state index contributed by atoms with van der Waals surface area (Å²) in [5, 5.41) is 2.80. The smallest absolute Gasteiger partial charge is 0.0542 e. The number of hydrogen-bond acceptors (Lipinski definition) is 2. The van der Waals surface area contributed by atoms with Crippen LogP contribution in [0, 0.1) is 11.8 Å². The second kappa shape index (κ2) is 14.9. The molecule has 2 aromatic heterocycles. The number of fused-ring (bicyclic) bond motifs is 5. The maximum absolute atomic E-state index is 3.41. The largest absolute Gasteiger partial charge is 0.134 e. The molecule has 0 saturated heterocycles. The minimum Gasteiger partial charge on any atom is -0.134 e. The Bertz CT molecular complexity index is 1570. The Kier molecular flexibility index (Phi) is 10.7. The first-order valence-electron chi connectivity index (χ1n) is 15.7. The van der Waals surface area contributed by atoms with Crippen molar-refractivity contribution in [1.82, 2.24) is 0 Å². The Morgan fingerprint density at radius 1 is 0.475 bits per heavy atom. The van der Waals surface area contributed by atoms with Gasteiger partial charge in [-0.3, -0.25) is 0 Å². The van der Waals surface area contributed by atoms with Gasteiger partial charge in [-0.2, -0.15) is 0 Å². The highest BCUT2D eigenvalue weighted by Crippen LogP contribution is 2.44. The van der Waals surface area contributed by atoms with Crippen LogP contribution in [0.3, 0.4) is 0 Å². The summed E-state index contributed by atoms with van der Waals surface area (Å²) in [4.78, 5) is 0. The Balaban J connectivity index is 1.21. The molecule has 0 aliphatic heterocycles. The van der Waals surface area contributed by atoms with E-state index in [0.29, 0.717) is 0 Å². The fourth-order valence-electron chi connectivity index (χ4n) is 5.65. The third kappa shape index (κ3) is 7.57. The first-order chi connectivity index (χ1) is 19.7. The standard InChI is InChI=1S/C38H44S2/c1-3-5-7-9-10-11-12-14-16-31-23-25-33-35(27-31)39-38-34-26-24-32(28-36(34)40-37(33)38)22-21-30-19-17-29(18-20-30)15-13-8-6-4-2/h17-20,23-28H,3-16H2,1-2H3. The zero-order chi connectivity index (χ0) is 27.6. The van der Waals surface area contributed by atoms with Crippen LogP contribution >= 0.6 is 22.7 Å². The van der Waals surface area contributed by atoms with Crippen LogP contribution in [0.25, 0.3) is 29.6 Å². The second-order valence-corrected chi connectivity index (χ2v) is 13.5. The van der Waals surface area contributed by atoms with Crippen molar-refractivity contribution >= 4 is 52.2 Å². The van der Waals surface area contributed by atoms with Gasteiger partial charge in [-0.25, -0.2) is 0 Å². The average Bonchev–Trinajstić information content (AvgIpc) is 3.51. The lowest BCUT2D eigenvalue weighted by Crippen LogP contribution is -1.86. The molecule has 0 fully saturated rings. The van der Waals surface area contributed by atoms with Gasteiger partial charge in [0.2, 0.25) is 0 Å². The molecule has 0 N–H and O–H groups in total. The van der Waals surface area contributed by atoms with Crippen molar-refractivity contribution in [2.75, 3.05) is 0 Å². The third-order valence-corrected chi connectivity index (χ3v) is 10.6. The molecule has 5 aromatic rings. The zero-order valence-corrected chi connectivity index (χ0v) is 26.1. The van der Waals surface area contributed by atoms with Gasteiger partial charge >= 0.3 is 0 Å². The number of unbranched alkanes of at least 4 members (excludes halogenated alkanes) is 10. The predicted octanol–water partition coefficient (Wildman–Crippen LogP) is 12.5. The van der Waals surface area contributed by atoms with Crippen LogP contribution in [-0.2, 0) is 12.8 Å². The SMILES string of the molecule is CCCCCCCCCCc1ccc2c(c1)sc1c3ccc(C#Cc4ccc(CCCCCC)cc4)cc3sc21. The third-order valence-electron chi connectivity index (χ3n) is 8.09. The molecule has 2 heteroatoms. The van der Waals surface area contributed by atoms with Crippen molar-refractivity contribution in [3.8, 4) is 11.8 Å². The molecule has 0 bridgehead atoms. The normalized spacial score (nSPS) is 11.4. The van der Waals surface area contributed by atoms with E-state index in [4.69, 9.17) is 0 Å². The first kappa shape index (κ1) is 28.9. The Hall–Kier alpha value is -2.60. The van der Waals surface area contributed by atoms with Gasteiger partial charge in [-0.1, -0.05) is 120 Å². The van der Waals surface area contributed by atoms with Crippen molar-refractivity contribution in [2.24, 2.45) is 0 Å². The molecular formula is C38H44S2. The van der Waals surface area contributed by atoms with E-state index in [1.54, 1.807) is 0 Å². The van der Waals surface area contributed by atoms with E-state index in [1.165, 1.54) is 131 Å². The van der Waals surface area contributed by atoms with E-state index in [0.717, 1.165) is 11.1 Å². The van der Waals surface area contributed by atoms with Crippen LogP contribution in [0.4, 0.5) is 0 Å². The summed E-state index contributed by atoms with van der Waals surface area (Å²) in [5.41, 5.74) is 5.12. The number of hydrogen-bond donors (Lipinski definition) is 0. The van der Waals surface area contributed by atoms with Crippen LogP contribution in [0.15, 0.2) is 60.7 Å². The van der Waals surface area contributed by atoms with Gasteiger partial charge in [-0.05, 0) is 67.1 Å². The van der Waals surface area contributed by atoms with Crippen molar-refractivity contribution in [2.45, 2.75) is 104 Å². The van der Waals surface area contributed by atoms with Gasteiger partial charge in [-0.15, -0.1) is 22.7 Å². The number of rotatable bonds is 14. The van der Waals surface area contributed by atoms with Gasteiger partial charge < -0.3 is 0 Å². The molecule has 0 nitrogen and oxygen atoms in total. The maximum atomic E-state index is 3.41. The van der Waals surface area contributed by atoms with Gasteiger partial charge in [0.25, 0.3) is 0 Å². The van der Waals surface area contributed by atoms with E-state index < -0.39 is 0 Å². The van der Waals surface area contributed by atoms with Crippen LogP contribution in [-0.4, -0.2) is 0 Å². The Morgan fingerprint density at radius 3 is 1.62 bits per heavy atom. The number of aryl methyl sites for hydroxylation is 2. The summed E-state index contributed by atoms with van der Waals surface area (Å²) < 4.78 is 5.67. The lowest BCUT2D eigenvalue weighted by Gasteiger charge is -2.03. The predicted molar refractivity (Wildman–Crippen MR) is 181 cm³/mol. The molecule has 0 saturated carbocycles. The summed E-state index contributed by atoms with van der Waals surface area (Å²) in [6.07, 6.45) is 18.7. The zero-order valence-electron chi connectivity index (χ0n) is 24.5. The highest BCUT2D eigenvalue weighted by Gasteiger charge is 2.12. The number of thiophene rings is 2. The van der Waals surface area contributed by atoms with Gasteiger partial charge in [0.1, 0.15) is 0 Å². The summed E-state index contributed by atoms with van der Waals surface area (Å²) in [7, 11) is 0. The van der Waals surface area contributed by atoms with E-state index >= 15 is 0 Å². The summed E-state index contributed by atoms with van der Waals surface area (Å²) in [6, 6.07) is 22.8. The van der Waals surface area contributed by atoms with Crippen LogP contribution < -0.4 is 0 Å². The first-order valence-corrected chi connectivity index (χ1v) is 17.4.